The lowest BCUT2D eigenvalue weighted by Gasteiger charge is -2.11. The van der Waals surface area contributed by atoms with E-state index in [0.29, 0.717) is 18.1 Å². The molecule has 1 amide bonds. The molecule has 4 nitrogen and oxygen atoms in total. The summed E-state index contributed by atoms with van der Waals surface area (Å²) < 4.78 is 49.2. The lowest BCUT2D eigenvalue weighted by Crippen LogP contribution is -2.20. The molecule has 2 aromatic rings. The summed E-state index contributed by atoms with van der Waals surface area (Å²) in [5, 5.41) is 2.40. The first-order chi connectivity index (χ1) is 13.4. The molecule has 28 heavy (non-hydrogen) atoms. The summed E-state index contributed by atoms with van der Waals surface area (Å²) in [7, 11) is 0. The average molecular weight is 395 g/mol. The Labute approximate surface area is 162 Å². The molecule has 1 N–H and O–H groups in total. The van der Waals surface area contributed by atoms with Crippen molar-refractivity contribution >= 4 is 11.6 Å². The first-order valence-electron chi connectivity index (χ1n) is 9.21. The summed E-state index contributed by atoms with van der Waals surface area (Å²) in [5.41, 5.74) is -0.761. The van der Waals surface area contributed by atoms with Crippen LogP contribution >= 0.6 is 0 Å². The van der Waals surface area contributed by atoms with Crippen molar-refractivity contribution in [2.24, 2.45) is 0 Å². The van der Waals surface area contributed by atoms with Gasteiger partial charge in [-0.25, -0.2) is 0 Å². The van der Waals surface area contributed by atoms with Crippen LogP contribution in [0.4, 0.5) is 18.9 Å². The highest BCUT2D eigenvalue weighted by atomic mass is 19.4. The number of alkyl halides is 3. The molecule has 0 saturated carbocycles. The number of carbonyl (C=O) groups is 1. The summed E-state index contributed by atoms with van der Waals surface area (Å²) in [6.45, 7) is 2.43. The van der Waals surface area contributed by atoms with Gasteiger partial charge >= 0.3 is 6.18 Å². The maximum Gasteiger partial charge on any atom is 0.416 e. The molecule has 0 bridgehead atoms. The first kappa shape index (κ1) is 21.6. The monoisotopic (exact) mass is 395 g/mol. The van der Waals surface area contributed by atoms with E-state index in [4.69, 9.17) is 9.47 Å². The number of rotatable bonds is 10. The van der Waals surface area contributed by atoms with Gasteiger partial charge in [0.25, 0.3) is 5.91 Å². The van der Waals surface area contributed by atoms with E-state index < -0.39 is 17.6 Å². The maximum absolute atomic E-state index is 12.7. The predicted molar refractivity (Wildman–Crippen MR) is 102 cm³/mol. The normalized spacial score (nSPS) is 11.1. The van der Waals surface area contributed by atoms with Crippen LogP contribution < -0.4 is 14.8 Å². The Morgan fingerprint density at radius 1 is 0.964 bits per heavy atom. The molecule has 2 aromatic carbocycles. The zero-order valence-corrected chi connectivity index (χ0v) is 15.7. The Morgan fingerprint density at radius 2 is 1.68 bits per heavy atom. The number of hydrogen-bond donors (Lipinski definition) is 1. The van der Waals surface area contributed by atoms with Crippen LogP contribution in [0.1, 0.15) is 38.2 Å². The standard InChI is InChI=1S/C21H24F3NO3/c1-2-3-4-5-12-27-18-10-7-11-19(14-18)28-15-20(26)25-17-9-6-8-16(13-17)21(22,23)24/h6-11,13-14H,2-5,12,15H2,1H3,(H,25,26). The number of amides is 1. The summed E-state index contributed by atoms with van der Waals surface area (Å²) in [5.74, 6) is 0.544. The Morgan fingerprint density at radius 3 is 2.39 bits per heavy atom. The van der Waals surface area contributed by atoms with Gasteiger partial charge in [-0.05, 0) is 36.8 Å². The lowest BCUT2D eigenvalue weighted by molar-refractivity contribution is -0.137. The molecule has 2 rings (SSSR count). The lowest BCUT2D eigenvalue weighted by atomic mass is 10.2. The number of nitrogens with one attached hydrogen (secondary N) is 1. The van der Waals surface area contributed by atoms with E-state index in [1.807, 2.05) is 0 Å². The van der Waals surface area contributed by atoms with Gasteiger partial charge in [0.2, 0.25) is 0 Å². The van der Waals surface area contributed by atoms with E-state index in [1.54, 1.807) is 24.3 Å². The molecule has 7 heteroatoms. The highest BCUT2D eigenvalue weighted by Crippen LogP contribution is 2.30. The molecule has 0 aliphatic carbocycles. The molecule has 0 atom stereocenters. The largest absolute Gasteiger partial charge is 0.493 e. The fourth-order valence-electron chi connectivity index (χ4n) is 2.49. The minimum Gasteiger partial charge on any atom is -0.493 e. The van der Waals surface area contributed by atoms with Gasteiger partial charge in [-0.15, -0.1) is 0 Å². The molecule has 152 valence electrons. The Hall–Kier alpha value is -2.70. The van der Waals surface area contributed by atoms with E-state index in [1.165, 1.54) is 18.6 Å². The number of anilines is 1. The molecule has 0 spiro atoms. The predicted octanol–water partition coefficient (Wildman–Crippen LogP) is 5.68. The molecule has 0 radical (unpaired) electrons. The minimum atomic E-state index is -4.46. The summed E-state index contributed by atoms with van der Waals surface area (Å²) in [4.78, 5) is 12.0. The third-order valence-corrected chi connectivity index (χ3v) is 3.92. The van der Waals surface area contributed by atoms with Crippen LogP contribution in [0.15, 0.2) is 48.5 Å². The smallest absolute Gasteiger partial charge is 0.416 e. The topological polar surface area (TPSA) is 47.6 Å². The van der Waals surface area contributed by atoms with Gasteiger partial charge in [0.1, 0.15) is 11.5 Å². The van der Waals surface area contributed by atoms with Crippen molar-refractivity contribution in [2.45, 2.75) is 38.8 Å². The van der Waals surface area contributed by atoms with Gasteiger partial charge in [0.05, 0.1) is 12.2 Å². The van der Waals surface area contributed by atoms with Crippen molar-refractivity contribution < 1.29 is 27.4 Å². The van der Waals surface area contributed by atoms with Crippen LogP contribution in [0.3, 0.4) is 0 Å². The number of halogens is 3. The second kappa shape index (κ2) is 10.6. The highest BCUT2D eigenvalue weighted by Gasteiger charge is 2.30. The van der Waals surface area contributed by atoms with Crippen LogP contribution in [0.25, 0.3) is 0 Å². The fraction of sp³-hybridized carbons (Fsp3) is 0.381. The van der Waals surface area contributed by atoms with Crippen molar-refractivity contribution in [1.82, 2.24) is 0 Å². The van der Waals surface area contributed by atoms with E-state index >= 15 is 0 Å². The number of ether oxygens (including phenoxy) is 2. The maximum atomic E-state index is 12.7. The molecular formula is C21H24F3NO3. The summed E-state index contributed by atoms with van der Waals surface area (Å²) in [6.07, 6.45) is -0.0473. The van der Waals surface area contributed by atoms with Gasteiger partial charge in [-0.3, -0.25) is 4.79 Å². The number of hydrogen-bond acceptors (Lipinski definition) is 3. The van der Waals surface area contributed by atoms with Crippen molar-refractivity contribution in [1.29, 1.82) is 0 Å². The average Bonchev–Trinajstić information content (AvgIpc) is 2.66. The zero-order chi connectivity index (χ0) is 20.4. The number of benzene rings is 2. The third-order valence-electron chi connectivity index (χ3n) is 3.92. The van der Waals surface area contributed by atoms with Crippen LogP contribution in [0, 0.1) is 0 Å². The first-order valence-corrected chi connectivity index (χ1v) is 9.21. The summed E-state index contributed by atoms with van der Waals surface area (Å²) >= 11 is 0. The second-order valence-corrected chi connectivity index (χ2v) is 6.30. The molecule has 0 heterocycles. The third kappa shape index (κ3) is 7.50. The fourth-order valence-corrected chi connectivity index (χ4v) is 2.49. The molecule has 0 saturated heterocycles. The van der Waals surface area contributed by atoms with Crippen molar-refractivity contribution in [3.8, 4) is 11.5 Å². The zero-order valence-electron chi connectivity index (χ0n) is 15.7. The van der Waals surface area contributed by atoms with Gasteiger partial charge in [0.15, 0.2) is 6.61 Å². The van der Waals surface area contributed by atoms with Crippen molar-refractivity contribution in [2.75, 3.05) is 18.5 Å². The highest BCUT2D eigenvalue weighted by molar-refractivity contribution is 5.91. The SMILES string of the molecule is CCCCCCOc1cccc(OCC(=O)Nc2cccc(C(F)(F)F)c2)c1. The van der Waals surface area contributed by atoms with Crippen molar-refractivity contribution in [3.63, 3.8) is 0 Å². The summed E-state index contributed by atoms with van der Waals surface area (Å²) in [6, 6.07) is 11.4. The molecule has 0 aliphatic heterocycles. The van der Waals surface area contributed by atoms with Gasteiger partial charge in [-0.1, -0.05) is 38.3 Å². The second-order valence-electron chi connectivity index (χ2n) is 6.30. The number of unbranched alkanes of at least 4 members (excludes halogenated alkanes) is 3. The molecule has 0 fully saturated rings. The minimum absolute atomic E-state index is 0.0626. The van der Waals surface area contributed by atoms with E-state index in [0.717, 1.165) is 31.4 Å². The van der Waals surface area contributed by atoms with Gasteiger partial charge < -0.3 is 14.8 Å². The molecule has 0 unspecified atom stereocenters. The van der Waals surface area contributed by atoms with E-state index in [2.05, 4.69) is 12.2 Å². The number of carbonyl (C=O) groups excluding carboxylic acids is 1. The van der Waals surface area contributed by atoms with Gasteiger partial charge in [-0.2, -0.15) is 13.2 Å². The Balaban J connectivity index is 1.82. The molecular weight excluding hydrogens is 371 g/mol. The molecule has 0 aliphatic rings. The Bertz CT molecular complexity index is 763. The van der Waals surface area contributed by atoms with Crippen molar-refractivity contribution in [3.05, 3.63) is 54.1 Å². The van der Waals surface area contributed by atoms with E-state index in [9.17, 15) is 18.0 Å². The Kier molecular flexibility index (Phi) is 8.17. The van der Waals surface area contributed by atoms with E-state index in [-0.39, 0.29) is 12.3 Å². The van der Waals surface area contributed by atoms with Crippen LogP contribution in [-0.2, 0) is 11.0 Å². The van der Waals surface area contributed by atoms with Gasteiger partial charge in [0, 0.05) is 11.8 Å². The van der Waals surface area contributed by atoms with Crippen LogP contribution in [0.5, 0.6) is 11.5 Å². The van der Waals surface area contributed by atoms with Crippen LogP contribution in [0.2, 0.25) is 0 Å². The quantitative estimate of drug-likeness (QED) is 0.527. The van der Waals surface area contributed by atoms with Crippen LogP contribution in [-0.4, -0.2) is 19.1 Å². The molecule has 0 aromatic heterocycles.